The molecule has 0 aromatic carbocycles. The lowest BCUT2D eigenvalue weighted by Gasteiger charge is -2.38. The van der Waals surface area contributed by atoms with Gasteiger partial charge in [0.2, 0.25) is 5.91 Å². The lowest BCUT2D eigenvalue weighted by atomic mass is 9.88. The van der Waals surface area contributed by atoms with Crippen LogP contribution in [0.25, 0.3) is 0 Å². The minimum absolute atomic E-state index is 0.0154. The van der Waals surface area contributed by atoms with Gasteiger partial charge in [-0.25, -0.2) is 8.42 Å². The van der Waals surface area contributed by atoms with Crippen LogP contribution >= 0.6 is 0 Å². The van der Waals surface area contributed by atoms with Crippen LogP contribution in [0.2, 0.25) is 0 Å². The van der Waals surface area contributed by atoms with Crippen molar-refractivity contribution in [3.05, 3.63) is 0 Å². The predicted molar refractivity (Wildman–Crippen MR) is 49.9 cm³/mol. The van der Waals surface area contributed by atoms with Crippen LogP contribution < -0.4 is 0 Å². The lowest BCUT2D eigenvalue weighted by Crippen LogP contribution is -2.61. The van der Waals surface area contributed by atoms with E-state index in [2.05, 4.69) is 0 Å². The Hall–Kier alpha value is -1.11. The largest absolute Gasteiger partial charge is 0.481 e. The fraction of sp³-hybridized carbons (Fsp3) is 0.750. The van der Waals surface area contributed by atoms with Gasteiger partial charge in [0.15, 0.2) is 9.84 Å². The van der Waals surface area contributed by atoms with Crippen LogP contribution in [0.4, 0.5) is 0 Å². The van der Waals surface area contributed by atoms with Gasteiger partial charge >= 0.3 is 5.97 Å². The Morgan fingerprint density at radius 2 is 2.07 bits per heavy atom. The highest BCUT2D eigenvalue weighted by Gasteiger charge is 2.68. The molecule has 0 bridgehead atoms. The van der Waals surface area contributed by atoms with E-state index >= 15 is 0 Å². The second-order valence-corrected chi connectivity index (χ2v) is 6.34. The topological polar surface area (TPSA) is 91.8 Å². The highest BCUT2D eigenvalue weighted by atomic mass is 32.2. The summed E-state index contributed by atoms with van der Waals surface area (Å²) in [5, 5.41) is 8.11. The van der Waals surface area contributed by atoms with Crippen molar-refractivity contribution >= 4 is 21.7 Å². The third-order valence-corrected chi connectivity index (χ3v) is 5.62. The Kier molecular flexibility index (Phi) is 1.89. The molecule has 2 heterocycles. The molecular formula is C8H11NO5S. The summed E-state index contributed by atoms with van der Waals surface area (Å²) < 4.78 is 22.8. The van der Waals surface area contributed by atoms with Crippen LogP contribution in [0.5, 0.6) is 0 Å². The molecule has 15 heavy (non-hydrogen) atoms. The number of carbonyl (C=O) groups excluding carboxylic acids is 1. The number of carboxylic acids is 1. The average Bonchev–Trinajstić information content (AvgIpc) is 2.40. The van der Waals surface area contributed by atoms with Gasteiger partial charge < -0.3 is 10.0 Å². The van der Waals surface area contributed by atoms with E-state index in [4.69, 9.17) is 5.11 Å². The number of nitrogens with zero attached hydrogens (tertiary/aromatic N) is 1. The maximum Gasteiger partial charge on any atom is 0.313 e. The molecule has 2 atom stereocenters. The quantitative estimate of drug-likeness (QED) is 0.609. The molecule has 0 saturated carbocycles. The Bertz CT molecular complexity index is 442. The number of hydrogen-bond acceptors (Lipinski definition) is 4. The molecule has 2 fully saturated rings. The van der Waals surface area contributed by atoms with Crippen LogP contribution in [0.1, 0.15) is 6.92 Å². The fourth-order valence-corrected chi connectivity index (χ4v) is 4.74. The number of likely N-dealkylation sites (tertiary alicyclic amines) is 1. The normalized spacial score (nSPS) is 36.9. The minimum Gasteiger partial charge on any atom is -0.481 e. The molecule has 2 aliphatic rings. The van der Waals surface area contributed by atoms with Crippen LogP contribution in [0.3, 0.4) is 0 Å². The molecular weight excluding hydrogens is 222 g/mol. The molecule has 0 aliphatic carbocycles. The van der Waals surface area contributed by atoms with E-state index in [0.29, 0.717) is 0 Å². The molecule has 0 spiro atoms. The van der Waals surface area contributed by atoms with Crippen molar-refractivity contribution in [1.82, 2.24) is 4.90 Å². The van der Waals surface area contributed by atoms with Crippen molar-refractivity contribution in [3.63, 3.8) is 0 Å². The van der Waals surface area contributed by atoms with Gasteiger partial charge in [-0.3, -0.25) is 9.59 Å². The smallest absolute Gasteiger partial charge is 0.313 e. The van der Waals surface area contributed by atoms with Gasteiger partial charge in [-0.1, -0.05) is 0 Å². The first-order valence-electron chi connectivity index (χ1n) is 4.50. The summed E-state index contributed by atoms with van der Waals surface area (Å²) in [6, 6.07) is 0. The highest BCUT2D eigenvalue weighted by Crippen LogP contribution is 2.46. The van der Waals surface area contributed by atoms with Crippen molar-refractivity contribution in [3.8, 4) is 0 Å². The highest BCUT2D eigenvalue weighted by molar-refractivity contribution is 7.93. The van der Waals surface area contributed by atoms with Crippen LogP contribution in [0, 0.1) is 5.41 Å². The summed E-state index contributed by atoms with van der Waals surface area (Å²) in [6.45, 7) is 1.35. The molecule has 1 N–H and O–H groups in total. The number of amides is 1. The summed E-state index contributed by atoms with van der Waals surface area (Å²) in [5.74, 6) is -1.74. The third kappa shape index (κ3) is 1.19. The third-order valence-electron chi connectivity index (χ3n) is 3.24. The first kappa shape index (κ1) is 10.4. The zero-order valence-corrected chi connectivity index (χ0v) is 8.95. The molecule has 6 nitrogen and oxygen atoms in total. The van der Waals surface area contributed by atoms with Crippen molar-refractivity contribution in [1.29, 1.82) is 0 Å². The number of hydrogen-bond donors (Lipinski definition) is 1. The SMILES string of the molecule is CC(=O)N1CC2C(C(=O)O)(C1)CS2(=O)=O. The summed E-state index contributed by atoms with van der Waals surface area (Å²) >= 11 is 0. The molecule has 2 rings (SSSR count). The molecule has 2 aliphatic heterocycles. The number of fused-ring (bicyclic) bond motifs is 1. The van der Waals surface area contributed by atoms with E-state index in [-0.39, 0.29) is 24.7 Å². The van der Waals surface area contributed by atoms with Crippen molar-refractivity contribution < 1.29 is 23.1 Å². The summed E-state index contributed by atoms with van der Waals surface area (Å²) in [6.07, 6.45) is 0. The monoisotopic (exact) mass is 233 g/mol. The predicted octanol–water partition coefficient (Wildman–Crippen LogP) is -1.28. The number of rotatable bonds is 1. The number of sulfone groups is 1. The summed E-state index contributed by atoms with van der Waals surface area (Å²) in [5.41, 5.74) is -1.25. The van der Waals surface area contributed by atoms with E-state index in [1.165, 1.54) is 11.8 Å². The van der Waals surface area contributed by atoms with E-state index in [9.17, 15) is 18.0 Å². The number of carboxylic acid groups (broad SMARTS) is 1. The van der Waals surface area contributed by atoms with Gasteiger partial charge in [0.1, 0.15) is 5.41 Å². The van der Waals surface area contributed by atoms with Gasteiger partial charge in [0.25, 0.3) is 0 Å². The molecule has 84 valence electrons. The van der Waals surface area contributed by atoms with Gasteiger partial charge in [-0.15, -0.1) is 0 Å². The van der Waals surface area contributed by atoms with E-state index in [1.54, 1.807) is 0 Å². The minimum atomic E-state index is -3.30. The Morgan fingerprint density at radius 1 is 1.47 bits per heavy atom. The number of aliphatic carboxylic acids is 1. The zero-order chi connectivity index (χ0) is 11.4. The van der Waals surface area contributed by atoms with Crippen molar-refractivity contribution in [2.75, 3.05) is 18.8 Å². The van der Waals surface area contributed by atoms with E-state index in [0.717, 1.165) is 0 Å². The zero-order valence-electron chi connectivity index (χ0n) is 8.13. The summed E-state index contributed by atoms with van der Waals surface area (Å²) in [7, 11) is -3.30. The molecule has 0 aromatic rings. The average molecular weight is 233 g/mol. The molecule has 0 radical (unpaired) electrons. The fourth-order valence-electron chi connectivity index (χ4n) is 2.34. The maximum absolute atomic E-state index is 11.4. The second kappa shape index (κ2) is 2.72. The maximum atomic E-state index is 11.4. The molecule has 7 heteroatoms. The first-order chi connectivity index (χ1) is 6.79. The van der Waals surface area contributed by atoms with Crippen molar-refractivity contribution in [2.45, 2.75) is 12.2 Å². The Balaban J connectivity index is 2.35. The Morgan fingerprint density at radius 3 is 2.40 bits per heavy atom. The first-order valence-corrected chi connectivity index (χ1v) is 6.22. The van der Waals surface area contributed by atoms with Crippen LogP contribution in [0.15, 0.2) is 0 Å². The van der Waals surface area contributed by atoms with Crippen LogP contribution in [-0.2, 0) is 19.4 Å². The molecule has 0 aromatic heterocycles. The second-order valence-electron chi connectivity index (χ2n) is 4.16. The van der Waals surface area contributed by atoms with Crippen molar-refractivity contribution in [2.24, 2.45) is 5.41 Å². The molecule has 2 unspecified atom stereocenters. The Labute approximate surface area is 86.8 Å². The van der Waals surface area contributed by atoms with E-state index < -0.39 is 26.5 Å². The van der Waals surface area contributed by atoms with Gasteiger partial charge in [0, 0.05) is 20.0 Å². The standard InChI is InChI=1S/C8H11NO5S/c1-5(10)9-2-6-8(3-9,7(11)12)4-15(6,13)14/h6H,2-4H2,1H3,(H,11,12). The van der Waals surface area contributed by atoms with Gasteiger partial charge in [-0.05, 0) is 0 Å². The van der Waals surface area contributed by atoms with Gasteiger partial charge in [-0.2, -0.15) is 0 Å². The molecule has 2 saturated heterocycles. The summed E-state index contributed by atoms with van der Waals surface area (Å²) in [4.78, 5) is 23.4. The van der Waals surface area contributed by atoms with E-state index in [1.807, 2.05) is 0 Å². The van der Waals surface area contributed by atoms with Gasteiger partial charge in [0.05, 0.1) is 11.0 Å². The number of carbonyl (C=O) groups is 2. The lowest BCUT2D eigenvalue weighted by molar-refractivity contribution is -0.147. The van der Waals surface area contributed by atoms with Crippen LogP contribution in [-0.4, -0.2) is 54.4 Å². The molecule has 1 amide bonds.